The number of carbonyl (C=O) groups excluding carboxylic acids is 1. The number of halogens is 2. The van der Waals surface area contributed by atoms with E-state index in [-0.39, 0.29) is 17.7 Å². The van der Waals surface area contributed by atoms with Crippen molar-refractivity contribution in [3.05, 3.63) is 33.8 Å². The van der Waals surface area contributed by atoms with E-state index in [0.29, 0.717) is 28.2 Å². The molecule has 1 amide bonds. The van der Waals surface area contributed by atoms with E-state index in [1.165, 1.54) is 12.8 Å². The fraction of sp³-hybridized carbons (Fsp3) is 0.588. The minimum absolute atomic E-state index is 0.0752. The molecule has 1 aromatic carbocycles. The van der Waals surface area contributed by atoms with E-state index < -0.39 is 0 Å². The van der Waals surface area contributed by atoms with Crippen LogP contribution in [0.4, 0.5) is 0 Å². The van der Waals surface area contributed by atoms with Gasteiger partial charge in [0.05, 0.1) is 0 Å². The van der Waals surface area contributed by atoms with Gasteiger partial charge in [-0.05, 0) is 55.7 Å². The number of fused-ring (bicyclic) bond motifs is 2. The highest BCUT2D eigenvalue weighted by atomic mass is 35.5. The number of nitrogens with one attached hydrogen (secondary N) is 2. The van der Waals surface area contributed by atoms with Gasteiger partial charge in [0.25, 0.3) is 0 Å². The van der Waals surface area contributed by atoms with Gasteiger partial charge in [-0.25, -0.2) is 0 Å². The maximum absolute atomic E-state index is 12.5. The molecule has 22 heavy (non-hydrogen) atoms. The smallest absolute Gasteiger partial charge is 0.223 e. The van der Waals surface area contributed by atoms with E-state index in [2.05, 4.69) is 10.6 Å². The molecule has 3 nitrogen and oxygen atoms in total. The SMILES string of the molecule is O=C(NC1CC2CCC(C1)N2)C1CC1c1ccc(Cl)cc1Cl. The highest BCUT2D eigenvalue weighted by molar-refractivity contribution is 6.35. The van der Waals surface area contributed by atoms with Gasteiger partial charge in [0.1, 0.15) is 0 Å². The van der Waals surface area contributed by atoms with E-state index in [1.807, 2.05) is 12.1 Å². The number of rotatable bonds is 3. The second-order valence-electron chi connectivity index (χ2n) is 6.93. The zero-order valence-corrected chi connectivity index (χ0v) is 13.8. The Kier molecular flexibility index (Phi) is 3.83. The van der Waals surface area contributed by atoms with E-state index in [1.54, 1.807) is 6.07 Å². The lowest BCUT2D eigenvalue weighted by molar-refractivity contribution is -0.123. The Labute approximate surface area is 140 Å². The zero-order valence-electron chi connectivity index (χ0n) is 12.3. The highest BCUT2D eigenvalue weighted by Crippen LogP contribution is 2.50. The summed E-state index contributed by atoms with van der Waals surface area (Å²) in [7, 11) is 0. The van der Waals surface area contributed by atoms with Crippen molar-refractivity contribution in [2.75, 3.05) is 0 Å². The minimum atomic E-state index is 0.0752. The predicted molar refractivity (Wildman–Crippen MR) is 88.4 cm³/mol. The summed E-state index contributed by atoms with van der Waals surface area (Å²) in [6.07, 6.45) is 5.54. The van der Waals surface area contributed by atoms with Gasteiger partial charge in [0, 0.05) is 34.1 Å². The molecule has 118 valence electrons. The van der Waals surface area contributed by atoms with Crippen LogP contribution in [-0.4, -0.2) is 24.0 Å². The molecule has 1 aliphatic carbocycles. The van der Waals surface area contributed by atoms with Crippen LogP contribution < -0.4 is 10.6 Å². The molecule has 2 aliphatic heterocycles. The predicted octanol–water partition coefficient (Wildman–Crippen LogP) is 3.50. The number of piperidine rings is 1. The Morgan fingerprint density at radius 2 is 1.86 bits per heavy atom. The van der Waals surface area contributed by atoms with Crippen LogP contribution in [0.2, 0.25) is 10.0 Å². The molecule has 1 aromatic rings. The highest BCUT2D eigenvalue weighted by Gasteiger charge is 2.46. The van der Waals surface area contributed by atoms with Crippen LogP contribution in [0.5, 0.6) is 0 Å². The first kappa shape index (κ1) is 14.8. The van der Waals surface area contributed by atoms with Gasteiger partial charge in [-0.3, -0.25) is 4.79 Å². The summed E-state index contributed by atoms with van der Waals surface area (Å²) in [5, 5.41) is 8.18. The van der Waals surface area contributed by atoms with Gasteiger partial charge < -0.3 is 10.6 Å². The largest absolute Gasteiger partial charge is 0.353 e. The first-order valence-electron chi connectivity index (χ1n) is 8.11. The Balaban J connectivity index is 1.36. The Morgan fingerprint density at radius 3 is 2.55 bits per heavy atom. The molecule has 0 radical (unpaired) electrons. The summed E-state index contributed by atoms with van der Waals surface area (Å²) in [5.74, 6) is 0.525. The molecule has 4 unspecified atom stereocenters. The van der Waals surface area contributed by atoms with E-state index in [9.17, 15) is 4.79 Å². The Hall–Kier alpha value is -0.770. The van der Waals surface area contributed by atoms with Gasteiger partial charge in [-0.15, -0.1) is 0 Å². The first-order valence-corrected chi connectivity index (χ1v) is 8.87. The lowest BCUT2D eigenvalue weighted by Gasteiger charge is -2.29. The number of hydrogen-bond acceptors (Lipinski definition) is 2. The van der Waals surface area contributed by atoms with Crippen molar-refractivity contribution in [2.45, 2.75) is 56.1 Å². The maximum atomic E-state index is 12.5. The molecule has 2 heterocycles. The van der Waals surface area contributed by atoms with Crippen molar-refractivity contribution in [3.63, 3.8) is 0 Å². The average Bonchev–Trinajstić information content (AvgIpc) is 3.18. The fourth-order valence-electron chi connectivity index (χ4n) is 4.11. The van der Waals surface area contributed by atoms with E-state index >= 15 is 0 Å². The summed E-state index contributed by atoms with van der Waals surface area (Å²) >= 11 is 12.2. The summed E-state index contributed by atoms with van der Waals surface area (Å²) < 4.78 is 0. The quantitative estimate of drug-likeness (QED) is 0.885. The third kappa shape index (κ3) is 2.86. The summed E-state index contributed by atoms with van der Waals surface area (Å²) in [4.78, 5) is 12.5. The van der Waals surface area contributed by atoms with Crippen LogP contribution in [0.15, 0.2) is 18.2 Å². The lowest BCUT2D eigenvalue weighted by Crippen LogP contribution is -2.48. The molecular formula is C17H20Cl2N2O. The number of amides is 1. The van der Waals surface area contributed by atoms with Crippen molar-refractivity contribution in [3.8, 4) is 0 Å². The molecule has 5 heteroatoms. The third-order valence-electron chi connectivity index (χ3n) is 5.31. The topological polar surface area (TPSA) is 41.1 Å². The third-order valence-corrected chi connectivity index (χ3v) is 5.87. The zero-order chi connectivity index (χ0) is 15.3. The van der Waals surface area contributed by atoms with Crippen LogP contribution >= 0.6 is 23.2 Å². The monoisotopic (exact) mass is 338 g/mol. The van der Waals surface area contributed by atoms with Crippen LogP contribution in [0.25, 0.3) is 0 Å². The molecule has 3 fully saturated rings. The Bertz CT molecular complexity index is 594. The van der Waals surface area contributed by atoms with Crippen LogP contribution in [0.1, 0.15) is 43.6 Å². The van der Waals surface area contributed by atoms with Crippen molar-refractivity contribution in [1.29, 1.82) is 0 Å². The van der Waals surface area contributed by atoms with Gasteiger partial charge in [0.15, 0.2) is 0 Å². The van der Waals surface area contributed by atoms with Crippen LogP contribution in [0.3, 0.4) is 0 Å². The number of carbonyl (C=O) groups is 1. The number of hydrogen-bond donors (Lipinski definition) is 2. The molecule has 4 rings (SSSR count). The molecule has 2 bridgehead atoms. The van der Waals surface area contributed by atoms with Crippen molar-refractivity contribution < 1.29 is 4.79 Å². The molecule has 0 aromatic heterocycles. The fourth-order valence-corrected chi connectivity index (χ4v) is 4.66. The molecule has 1 saturated carbocycles. The summed E-state index contributed by atoms with van der Waals surface area (Å²) in [6, 6.07) is 7.10. The van der Waals surface area contributed by atoms with Crippen molar-refractivity contribution >= 4 is 29.1 Å². The number of benzene rings is 1. The standard InChI is InChI=1S/C17H20Cl2N2O/c18-9-1-4-13(16(19)5-9)14-8-15(14)17(22)21-12-6-10-2-3-11(7-12)20-10/h1,4-5,10-12,14-15,20H,2-3,6-8H2,(H,21,22). The van der Waals surface area contributed by atoms with E-state index in [0.717, 1.165) is 24.8 Å². The van der Waals surface area contributed by atoms with Gasteiger partial charge >= 0.3 is 0 Å². The molecule has 2 saturated heterocycles. The summed E-state index contributed by atoms with van der Waals surface area (Å²) in [6.45, 7) is 0. The maximum Gasteiger partial charge on any atom is 0.223 e. The van der Waals surface area contributed by atoms with Gasteiger partial charge in [0.2, 0.25) is 5.91 Å². The minimum Gasteiger partial charge on any atom is -0.353 e. The van der Waals surface area contributed by atoms with E-state index in [4.69, 9.17) is 23.2 Å². The van der Waals surface area contributed by atoms with Gasteiger partial charge in [-0.1, -0.05) is 29.3 Å². The van der Waals surface area contributed by atoms with Crippen molar-refractivity contribution in [2.24, 2.45) is 5.92 Å². The average molecular weight is 339 g/mol. The first-order chi connectivity index (χ1) is 10.6. The molecule has 0 spiro atoms. The Morgan fingerprint density at radius 1 is 1.14 bits per heavy atom. The lowest BCUT2D eigenvalue weighted by atomic mass is 9.99. The second kappa shape index (κ2) is 5.70. The van der Waals surface area contributed by atoms with Crippen molar-refractivity contribution in [1.82, 2.24) is 10.6 Å². The van der Waals surface area contributed by atoms with Crippen LogP contribution in [-0.2, 0) is 4.79 Å². The molecule has 3 aliphatic rings. The van der Waals surface area contributed by atoms with Crippen LogP contribution in [0, 0.1) is 5.92 Å². The molecular weight excluding hydrogens is 319 g/mol. The normalized spacial score (nSPS) is 36.2. The second-order valence-corrected chi connectivity index (χ2v) is 7.77. The van der Waals surface area contributed by atoms with Gasteiger partial charge in [-0.2, -0.15) is 0 Å². The molecule has 2 N–H and O–H groups in total. The molecule has 4 atom stereocenters. The summed E-state index contributed by atoms with van der Waals surface area (Å²) in [5.41, 5.74) is 1.05.